The summed E-state index contributed by atoms with van der Waals surface area (Å²) in [4.78, 5) is 4.27. The summed E-state index contributed by atoms with van der Waals surface area (Å²) in [6.07, 6.45) is -3.04. The largest absolute Gasteiger partial charge is 0.489 e. The highest BCUT2D eigenvalue weighted by Gasteiger charge is 2.33. The average Bonchev–Trinajstić information content (AvgIpc) is 2.87. The van der Waals surface area contributed by atoms with E-state index in [9.17, 15) is 17.6 Å². The fourth-order valence-corrected chi connectivity index (χ4v) is 4.36. The van der Waals surface area contributed by atoms with Gasteiger partial charge in [0.15, 0.2) is 0 Å². The second-order valence-electron chi connectivity index (χ2n) is 8.47. The first-order chi connectivity index (χ1) is 17.3. The molecule has 0 bridgehead atoms. The number of fused-ring (bicyclic) bond motifs is 1. The zero-order valence-electron chi connectivity index (χ0n) is 19.3. The first kappa shape index (κ1) is 23.5. The molecular weight excluding hydrogens is 466 g/mol. The number of rotatable bonds is 5. The molecule has 0 unspecified atom stereocenters. The van der Waals surface area contributed by atoms with Gasteiger partial charge in [-0.3, -0.25) is 4.98 Å². The van der Waals surface area contributed by atoms with Gasteiger partial charge in [0.2, 0.25) is 0 Å². The lowest BCUT2D eigenvalue weighted by molar-refractivity contribution is -0.136. The molecule has 5 aromatic rings. The lowest BCUT2D eigenvalue weighted by atomic mass is 9.90. The van der Waals surface area contributed by atoms with Gasteiger partial charge in [0.25, 0.3) is 0 Å². The van der Waals surface area contributed by atoms with Crippen LogP contribution in [0, 0.1) is 12.7 Å². The Morgan fingerprint density at radius 1 is 0.806 bits per heavy atom. The maximum atomic E-state index is 14.0. The van der Waals surface area contributed by atoms with E-state index in [1.165, 1.54) is 18.3 Å². The van der Waals surface area contributed by atoms with Crippen LogP contribution >= 0.6 is 0 Å². The van der Waals surface area contributed by atoms with E-state index in [1.54, 1.807) is 42.5 Å². The molecule has 0 N–H and O–H groups in total. The Bertz CT molecular complexity index is 1560. The number of aryl methyl sites for hydroxylation is 1. The SMILES string of the molecule is Cc1ccccc1-c1cnc2c(C(F)(F)F)cccc2c1-c1cccc(OCc2ccccc2F)c1. The number of pyridine rings is 1. The van der Waals surface area contributed by atoms with Gasteiger partial charge in [-0.05, 0) is 47.9 Å². The van der Waals surface area contributed by atoms with Gasteiger partial charge in [0.1, 0.15) is 18.2 Å². The Morgan fingerprint density at radius 2 is 1.56 bits per heavy atom. The molecule has 0 aliphatic carbocycles. The second-order valence-corrected chi connectivity index (χ2v) is 8.47. The van der Waals surface area contributed by atoms with Crippen LogP contribution in [0.5, 0.6) is 5.75 Å². The number of benzene rings is 4. The summed E-state index contributed by atoms with van der Waals surface area (Å²) in [7, 11) is 0. The van der Waals surface area contributed by atoms with Gasteiger partial charge in [-0.2, -0.15) is 13.2 Å². The molecule has 0 saturated heterocycles. The van der Waals surface area contributed by atoms with Gasteiger partial charge < -0.3 is 4.74 Å². The number of para-hydroxylation sites is 1. The average molecular weight is 487 g/mol. The predicted octanol–water partition coefficient (Wildman–Crippen LogP) is 8.61. The first-order valence-electron chi connectivity index (χ1n) is 11.3. The van der Waals surface area contributed by atoms with Crippen LogP contribution in [-0.2, 0) is 12.8 Å². The Kier molecular flexibility index (Phi) is 6.18. The number of halogens is 4. The molecule has 0 saturated carbocycles. The predicted molar refractivity (Wildman–Crippen MR) is 133 cm³/mol. The molecule has 0 amide bonds. The summed E-state index contributed by atoms with van der Waals surface area (Å²) in [5.74, 6) is 0.110. The number of nitrogens with zero attached hydrogens (tertiary/aromatic N) is 1. The number of hydrogen-bond acceptors (Lipinski definition) is 2. The number of ether oxygens (including phenoxy) is 1. The molecular formula is C30H21F4NO. The summed E-state index contributed by atoms with van der Waals surface area (Å²) in [6.45, 7) is 1.97. The van der Waals surface area contributed by atoms with E-state index >= 15 is 0 Å². The molecule has 180 valence electrons. The molecule has 2 nitrogen and oxygen atoms in total. The molecule has 0 spiro atoms. The monoisotopic (exact) mass is 487 g/mol. The van der Waals surface area contributed by atoms with Gasteiger partial charge >= 0.3 is 6.18 Å². The lowest BCUT2D eigenvalue weighted by Crippen LogP contribution is -2.07. The van der Waals surface area contributed by atoms with E-state index in [2.05, 4.69) is 4.98 Å². The van der Waals surface area contributed by atoms with Crippen molar-refractivity contribution in [1.29, 1.82) is 0 Å². The molecule has 0 aliphatic heterocycles. The molecule has 5 rings (SSSR count). The molecule has 0 atom stereocenters. The molecule has 1 aromatic heterocycles. The van der Waals surface area contributed by atoms with Crippen molar-refractivity contribution >= 4 is 10.9 Å². The Balaban J connectivity index is 1.68. The third kappa shape index (κ3) is 4.54. The second kappa shape index (κ2) is 9.46. The van der Waals surface area contributed by atoms with Crippen LogP contribution in [0.15, 0.2) is 97.2 Å². The van der Waals surface area contributed by atoms with Crippen molar-refractivity contribution in [1.82, 2.24) is 4.98 Å². The molecule has 0 radical (unpaired) electrons. The van der Waals surface area contributed by atoms with Crippen molar-refractivity contribution < 1.29 is 22.3 Å². The van der Waals surface area contributed by atoms with E-state index in [4.69, 9.17) is 4.74 Å². The molecule has 0 aliphatic rings. The highest BCUT2D eigenvalue weighted by atomic mass is 19.4. The maximum absolute atomic E-state index is 14.0. The van der Waals surface area contributed by atoms with Crippen molar-refractivity contribution in [3.8, 4) is 28.0 Å². The van der Waals surface area contributed by atoms with Crippen molar-refractivity contribution in [2.75, 3.05) is 0 Å². The number of alkyl halides is 3. The fourth-order valence-electron chi connectivity index (χ4n) is 4.36. The van der Waals surface area contributed by atoms with Crippen LogP contribution in [0.25, 0.3) is 33.2 Å². The van der Waals surface area contributed by atoms with Crippen LogP contribution in [0.1, 0.15) is 16.7 Å². The van der Waals surface area contributed by atoms with Gasteiger partial charge in [0.05, 0.1) is 11.1 Å². The molecule has 36 heavy (non-hydrogen) atoms. The van der Waals surface area contributed by atoms with Gasteiger partial charge in [0, 0.05) is 28.3 Å². The smallest absolute Gasteiger partial charge is 0.418 e. The Hall–Kier alpha value is -4.19. The zero-order chi connectivity index (χ0) is 25.3. The minimum atomic E-state index is -4.54. The lowest BCUT2D eigenvalue weighted by Gasteiger charge is -2.18. The fraction of sp³-hybridized carbons (Fsp3) is 0.100. The van der Waals surface area contributed by atoms with Crippen LogP contribution in [0.2, 0.25) is 0 Å². The quantitative estimate of drug-likeness (QED) is 0.232. The van der Waals surface area contributed by atoms with Crippen molar-refractivity contribution in [3.05, 3.63) is 120 Å². The highest BCUT2D eigenvalue weighted by Crippen LogP contribution is 2.42. The first-order valence-corrected chi connectivity index (χ1v) is 11.3. The number of hydrogen-bond donors (Lipinski definition) is 0. The third-order valence-corrected chi connectivity index (χ3v) is 6.11. The molecule has 1 heterocycles. The minimum Gasteiger partial charge on any atom is -0.489 e. The van der Waals surface area contributed by atoms with Crippen LogP contribution in [-0.4, -0.2) is 4.98 Å². The summed E-state index contributed by atoms with van der Waals surface area (Å²) in [5, 5.41) is 0.386. The van der Waals surface area contributed by atoms with E-state index < -0.39 is 11.7 Å². The Labute approximate surface area is 205 Å². The molecule has 4 aromatic carbocycles. The van der Waals surface area contributed by atoms with Gasteiger partial charge in [-0.15, -0.1) is 0 Å². The highest BCUT2D eigenvalue weighted by molar-refractivity contribution is 6.03. The minimum absolute atomic E-state index is 0.0239. The summed E-state index contributed by atoms with van der Waals surface area (Å²) in [6, 6.07) is 25.2. The van der Waals surface area contributed by atoms with Crippen LogP contribution in [0.3, 0.4) is 0 Å². The topological polar surface area (TPSA) is 22.1 Å². The summed E-state index contributed by atoms with van der Waals surface area (Å²) in [5.41, 5.74) is 3.36. The third-order valence-electron chi connectivity index (χ3n) is 6.11. The Morgan fingerprint density at radius 3 is 2.33 bits per heavy atom. The molecule has 6 heteroatoms. The van der Waals surface area contributed by atoms with E-state index in [0.717, 1.165) is 17.2 Å². The van der Waals surface area contributed by atoms with Crippen molar-refractivity contribution in [2.24, 2.45) is 0 Å². The van der Waals surface area contributed by atoms with E-state index in [1.807, 2.05) is 37.3 Å². The maximum Gasteiger partial charge on any atom is 0.418 e. The summed E-state index contributed by atoms with van der Waals surface area (Å²) < 4.78 is 61.3. The normalized spacial score (nSPS) is 11.6. The summed E-state index contributed by atoms with van der Waals surface area (Å²) >= 11 is 0. The zero-order valence-corrected chi connectivity index (χ0v) is 19.3. The van der Waals surface area contributed by atoms with E-state index in [-0.39, 0.29) is 17.9 Å². The van der Waals surface area contributed by atoms with Crippen molar-refractivity contribution in [2.45, 2.75) is 19.7 Å². The van der Waals surface area contributed by atoms with Gasteiger partial charge in [-0.25, -0.2) is 4.39 Å². The van der Waals surface area contributed by atoms with Crippen molar-refractivity contribution in [3.63, 3.8) is 0 Å². The van der Waals surface area contributed by atoms with Gasteiger partial charge in [-0.1, -0.05) is 66.7 Å². The van der Waals surface area contributed by atoms with E-state index in [0.29, 0.717) is 33.4 Å². The number of aromatic nitrogens is 1. The van der Waals surface area contributed by atoms with Crippen LogP contribution in [0.4, 0.5) is 17.6 Å². The molecule has 0 fully saturated rings. The standard InChI is InChI=1S/C30H21F4NO/c1-19-8-2-4-12-23(19)25-17-35-29-24(13-7-14-26(29)30(32,33)34)28(25)20-10-6-11-22(16-20)36-18-21-9-3-5-15-27(21)31/h2-17H,18H2,1H3. The van der Waals surface area contributed by atoms with Crippen LogP contribution < -0.4 is 4.74 Å².